The predicted molar refractivity (Wildman–Crippen MR) is 262 cm³/mol. The number of hydrogen-bond acceptors (Lipinski definition) is 17. The number of aliphatic hydroxyl groups is 5. The van der Waals surface area contributed by atoms with Crippen LogP contribution in [0.15, 0.2) is 35.4 Å². The quantitative estimate of drug-likeness (QED) is 0.149. The number of rotatable bonds is 14. The number of methoxy groups -OCH3 is 1. The van der Waals surface area contributed by atoms with E-state index in [1.807, 2.05) is 44.7 Å². The summed E-state index contributed by atoms with van der Waals surface area (Å²) in [7, 11) is 1.34. The average Bonchev–Trinajstić information content (AvgIpc) is 3.78. The molecule has 406 valence electrons. The lowest BCUT2D eigenvalue weighted by molar-refractivity contribution is -0.302. The molecule has 0 aliphatic carbocycles. The average molecular weight is 1030 g/mol. The number of ether oxygens (including phenoxy) is 5. The SMILES string of the molecule is CC[C@H]1OC(=O)[C@H](C)[C@@H](C2C[C@@](C)(OC)[C@@H](O)[C@H](C)O2)[C@H](C)[C@@H](O[C@@H]2O[C@H](C)C[C@H](N(C)CCc3cn([C@H](CF)Cc4ccc(S(N)(=O)=O)cc4)nn3)[C@H]2O)[C@](C)(O)C[C@@H](C)CN(C)[C@H](C)[C@@H](O)[C@]1(C)O. The molecule has 3 aliphatic heterocycles. The largest absolute Gasteiger partial charge is 0.459 e. The molecular formula is C50H85FN6O13S. The second kappa shape index (κ2) is 23.8. The standard InChI is InChI=1S/C50H85FN6O13S/c1-14-40-50(10,63)43(59)32(6)56(12)26-28(2)23-48(8,62)45(30(4)41(31(5)46(61)69-40)39-24-49(9,66-13)44(60)33(7)68-39)70-47-42(58)38(21-29(3)67-47)55(11)20-19-35-27-57(54-53-35)36(25-51)22-34-15-17-37(18-16-34)71(52,64)65/h15-18,27-33,36,38-45,47,58-60,62-63H,14,19-26H2,1-13H3,(H2,52,64,65)/t28-,29-,30+,31-,32-,33+,36+,38+,39?,40-,41+,42-,43-,44+,45-,47+,48-,49-,50-/m1/s1. The molecule has 71 heavy (non-hydrogen) atoms. The van der Waals surface area contributed by atoms with Gasteiger partial charge in [-0.05, 0) is 111 Å². The van der Waals surface area contributed by atoms with Crippen LogP contribution in [0.4, 0.5) is 4.39 Å². The van der Waals surface area contributed by atoms with Crippen molar-refractivity contribution in [3.05, 3.63) is 41.7 Å². The van der Waals surface area contributed by atoms with Crippen molar-refractivity contribution in [1.82, 2.24) is 24.8 Å². The summed E-state index contributed by atoms with van der Waals surface area (Å²) in [6.45, 7) is 17.8. The molecule has 0 amide bonds. The van der Waals surface area contributed by atoms with E-state index in [0.29, 0.717) is 37.2 Å². The van der Waals surface area contributed by atoms with Crippen molar-refractivity contribution in [3.8, 4) is 0 Å². The number of likely N-dealkylation sites (N-methyl/N-ethyl adjacent to an activating group) is 2. The molecule has 3 aliphatic rings. The number of alkyl halides is 1. The second-order valence-corrected chi connectivity index (χ2v) is 23.5. The Morgan fingerprint density at radius 3 is 2.25 bits per heavy atom. The van der Waals surface area contributed by atoms with Gasteiger partial charge in [-0.25, -0.2) is 22.6 Å². The minimum atomic E-state index is -3.87. The molecule has 21 heteroatoms. The first-order chi connectivity index (χ1) is 33.0. The Kier molecular flexibility index (Phi) is 19.8. The van der Waals surface area contributed by atoms with E-state index in [-0.39, 0.29) is 36.5 Å². The van der Waals surface area contributed by atoms with Crippen molar-refractivity contribution in [1.29, 1.82) is 0 Å². The predicted octanol–water partition coefficient (Wildman–Crippen LogP) is 2.78. The highest BCUT2D eigenvalue weighted by molar-refractivity contribution is 7.89. The number of benzene rings is 1. The maximum Gasteiger partial charge on any atom is 0.309 e. The first-order valence-electron chi connectivity index (χ1n) is 25.2. The van der Waals surface area contributed by atoms with Gasteiger partial charge in [0, 0.05) is 57.2 Å². The number of nitrogens with zero attached hydrogens (tertiary/aromatic N) is 5. The van der Waals surface area contributed by atoms with Gasteiger partial charge in [0.15, 0.2) is 6.29 Å². The van der Waals surface area contributed by atoms with Crippen LogP contribution in [0.2, 0.25) is 0 Å². The third-order valence-corrected chi connectivity index (χ3v) is 16.9. The van der Waals surface area contributed by atoms with Gasteiger partial charge in [0.05, 0.1) is 58.2 Å². The summed E-state index contributed by atoms with van der Waals surface area (Å²) in [5.74, 6) is -3.31. The Labute approximate surface area is 420 Å². The van der Waals surface area contributed by atoms with Gasteiger partial charge in [-0.3, -0.25) is 4.79 Å². The summed E-state index contributed by atoms with van der Waals surface area (Å²) >= 11 is 0. The second-order valence-electron chi connectivity index (χ2n) is 21.9. The third kappa shape index (κ3) is 13.8. The van der Waals surface area contributed by atoms with Crippen LogP contribution in [0.5, 0.6) is 0 Å². The highest BCUT2D eigenvalue weighted by Crippen LogP contribution is 2.45. The summed E-state index contributed by atoms with van der Waals surface area (Å²) in [6.07, 6.45) is -5.56. The first-order valence-corrected chi connectivity index (χ1v) is 26.7. The van der Waals surface area contributed by atoms with Gasteiger partial charge >= 0.3 is 5.97 Å². The van der Waals surface area contributed by atoms with Crippen LogP contribution in [0, 0.1) is 23.7 Å². The van der Waals surface area contributed by atoms with Crippen LogP contribution in [-0.2, 0) is 51.3 Å². The van der Waals surface area contributed by atoms with Crippen molar-refractivity contribution in [2.24, 2.45) is 28.8 Å². The molecule has 1 aromatic heterocycles. The van der Waals surface area contributed by atoms with Crippen molar-refractivity contribution < 1.29 is 66.8 Å². The van der Waals surface area contributed by atoms with Gasteiger partial charge in [0.25, 0.3) is 0 Å². The van der Waals surface area contributed by atoms with E-state index < -0.39 is 130 Å². The van der Waals surface area contributed by atoms with Crippen molar-refractivity contribution in [2.75, 3.05) is 41.0 Å². The molecule has 0 saturated carbocycles. The Morgan fingerprint density at radius 2 is 1.66 bits per heavy atom. The number of carbonyl (C=O) groups is 1. The zero-order valence-electron chi connectivity index (χ0n) is 44.1. The van der Waals surface area contributed by atoms with Crippen molar-refractivity contribution in [2.45, 2.75) is 203 Å². The lowest BCUT2D eigenvalue weighted by atomic mass is 9.68. The van der Waals surface area contributed by atoms with Gasteiger partial charge < -0.3 is 59.0 Å². The number of cyclic esters (lactones) is 1. The number of aliphatic hydroxyl groups excluding tert-OH is 3. The molecule has 3 fully saturated rings. The van der Waals surface area contributed by atoms with Gasteiger partial charge in [-0.2, -0.15) is 0 Å². The van der Waals surface area contributed by atoms with E-state index in [4.69, 9.17) is 28.8 Å². The fourth-order valence-electron chi connectivity index (χ4n) is 11.6. The van der Waals surface area contributed by atoms with E-state index in [0.717, 1.165) is 0 Å². The summed E-state index contributed by atoms with van der Waals surface area (Å²) in [5, 5.41) is 73.8. The number of aromatic nitrogens is 3. The van der Waals surface area contributed by atoms with Crippen molar-refractivity contribution >= 4 is 16.0 Å². The van der Waals surface area contributed by atoms with Gasteiger partial charge in [-0.15, -0.1) is 5.10 Å². The first kappa shape index (κ1) is 59.1. The topological polar surface area (TPSA) is 262 Å². The van der Waals surface area contributed by atoms with Gasteiger partial charge in [-0.1, -0.05) is 45.0 Å². The Hall–Kier alpha value is -2.77. The number of carbonyl (C=O) groups excluding carboxylic acids is 1. The van der Waals surface area contributed by atoms with E-state index in [2.05, 4.69) is 10.3 Å². The fraction of sp³-hybridized carbons (Fsp3) is 0.820. The number of halogens is 1. The number of sulfonamides is 1. The van der Waals surface area contributed by atoms with Crippen LogP contribution in [0.1, 0.15) is 112 Å². The molecule has 0 spiro atoms. The molecule has 19 atom stereocenters. The van der Waals surface area contributed by atoms with Crippen LogP contribution in [0.3, 0.4) is 0 Å². The van der Waals surface area contributed by atoms with E-state index in [9.17, 15) is 43.1 Å². The molecule has 7 N–H and O–H groups in total. The Bertz CT molecular complexity index is 2140. The van der Waals surface area contributed by atoms with Crippen molar-refractivity contribution in [3.63, 3.8) is 0 Å². The third-order valence-electron chi connectivity index (χ3n) is 16.0. The Balaban J connectivity index is 1.44. The maximum absolute atomic E-state index is 14.6. The normalized spacial score (nSPS) is 40.2. The number of hydrogen-bond donors (Lipinski definition) is 6. The number of esters is 1. The molecule has 1 unspecified atom stereocenters. The minimum Gasteiger partial charge on any atom is -0.459 e. The van der Waals surface area contributed by atoms with E-state index in [1.165, 1.54) is 30.8 Å². The summed E-state index contributed by atoms with van der Waals surface area (Å²) in [6, 6.07) is 4.17. The molecular weight excluding hydrogens is 944 g/mol. The minimum absolute atomic E-state index is 0.0394. The summed E-state index contributed by atoms with van der Waals surface area (Å²) in [4.78, 5) is 18.5. The van der Waals surface area contributed by atoms with Gasteiger partial charge in [0.1, 0.15) is 36.7 Å². The van der Waals surface area contributed by atoms with E-state index >= 15 is 0 Å². The molecule has 0 bridgehead atoms. The number of nitrogens with two attached hydrogens (primary N) is 1. The highest BCUT2D eigenvalue weighted by atomic mass is 32.2. The molecule has 1 aromatic carbocycles. The van der Waals surface area contributed by atoms with Crippen LogP contribution < -0.4 is 5.14 Å². The molecule has 4 heterocycles. The van der Waals surface area contributed by atoms with Gasteiger partial charge in [0.2, 0.25) is 10.0 Å². The molecule has 5 rings (SSSR count). The number of primary sulfonamides is 1. The maximum atomic E-state index is 14.6. The fourth-order valence-corrected chi connectivity index (χ4v) is 12.1. The summed E-state index contributed by atoms with van der Waals surface area (Å²) < 4.78 is 71.3. The Morgan fingerprint density at radius 1 is 1.01 bits per heavy atom. The lowest BCUT2D eigenvalue weighted by Gasteiger charge is -2.51. The highest BCUT2D eigenvalue weighted by Gasteiger charge is 2.55. The smallest absolute Gasteiger partial charge is 0.309 e. The van der Waals surface area contributed by atoms with E-state index in [1.54, 1.807) is 59.9 Å². The monoisotopic (exact) mass is 1030 g/mol. The summed E-state index contributed by atoms with van der Waals surface area (Å²) in [5.41, 5.74) is -3.26. The zero-order valence-corrected chi connectivity index (χ0v) is 44.9. The van der Waals surface area contributed by atoms with Crippen LogP contribution in [-0.4, -0.2) is 190 Å². The lowest BCUT2D eigenvalue weighted by Crippen LogP contribution is -2.62. The molecule has 2 aromatic rings. The molecule has 0 radical (unpaired) electrons. The molecule has 19 nitrogen and oxygen atoms in total. The molecule has 3 saturated heterocycles. The van der Waals surface area contributed by atoms with Crippen LogP contribution in [0.25, 0.3) is 0 Å². The van der Waals surface area contributed by atoms with Crippen LogP contribution >= 0.6 is 0 Å². The zero-order chi connectivity index (χ0) is 53.1.